The molecule has 0 aliphatic rings. The molecule has 0 bridgehead atoms. The summed E-state index contributed by atoms with van der Waals surface area (Å²) in [5.74, 6) is -0.542. The van der Waals surface area contributed by atoms with E-state index in [1.165, 1.54) is 30.3 Å². The molecule has 2 aromatic rings. The molecule has 0 aliphatic heterocycles. The van der Waals surface area contributed by atoms with Crippen molar-refractivity contribution in [2.75, 3.05) is 11.1 Å². The van der Waals surface area contributed by atoms with Gasteiger partial charge in [0.1, 0.15) is 11.6 Å². The largest absolute Gasteiger partial charge is 0.382 e. The molecule has 5 nitrogen and oxygen atoms in total. The fourth-order valence-corrected chi connectivity index (χ4v) is 1.85. The number of hydrogen-bond acceptors (Lipinski definition) is 4. The van der Waals surface area contributed by atoms with E-state index in [0.29, 0.717) is 9.26 Å². The highest BCUT2D eigenvalue weighted by molar-refractivity contribution is 14.1. The van der Waals surface area contributed by atoms with E-state index in [2.05, 4.69) is 15.5 Å². The fraction of sp³-hybridized carbons (Fsp3) is 0. The van der Waals surface area contributed by atoms with Crippen molar-refractivity contribution in [2.24, 2.45) is 0 Å². The molecule has 0 radical (unpaired) electrons. The number of rotatable bonds is 2. The average molecular weight is 358 g/mol. The Morgan fingerprint density at radius 3 is 2.67 bits per heavy atom. The van der Waals surface area contributed by atoms with Gasteiger partial charge in [0, 0.05) is 3.57 Å². The first-order valence-corrected chi connectivity index (χ1v) is 6.00. The number of nitrogens with zero attached hydrogens (tertiary/aromatic N) is 2. The Labute approximate surface area is 116 Å². The lowest BCUT2D eigenvalue weighted by Crippen LogP contribution is -2.15. The Balaban J connectivity index is 2.18. The molecule has 1 aromatic heterocycles. The summed E-state index contributed by atoms with van der Waals surface area (Å²) in [5, 5.41) is 9.86. The van der Waals surface area contributed by atoms with Gasteiger partial charge in [-0.2, -0.15) is 0 Å². The molecule has 18 heavy (non-hydrogen) atoms. The first kappa shape index (κ1) is 12.7. The molecule has 7 heteroatoms. The fourth-order valence-electron chi connectivity index (χ4n) is 1.24. The number of nitrogen functional groups attached to an aromatic ring is 1. The SMILES string of the molecule is Nc1ccc(C(=O)Nc2ccc(F)cc2I)nn1. The number of benzene rings is 1. The smallest absolute Gasteiger partial charge is 0.276 e. The molecule has 0 atom stereocenters. The molecule has 0 spiro atoms. The molecule has 0 saturated carbocycles. The van der Waals surface area contributed by atoms with E-state index in [-0.39, 0.29) is 17.3 Å². The Kier molecular flexibility index (Phi) is 3.70. The lowest BCUT2D eigenvalue weighted by molar-refractivity contribution is 0.102. The number of carbonyl (C=O) groups is 1. The van der Waals surface area contributed by atoms with Crippen LogP contribution in [0.1, 0.15) is 10.5 Å². The number of nitrogens with two attached hydrogens (primary N) is 1. The molecule has 1 aromatic carbocycles. The van der Waals surface area contributed by atoms with Crippen LogP contribution in [0.25, 0.3) is 0 Å². The van der Waals surface area contributed by atoms with Crippen LogP contribution in [0.5, 0.6) is 0 Å². The summed E-state index contributed by atoms with van der Waals surface area (Å²) in [4.78, 5) is 11.8. The highest BCUT2D eigenvalue weighted by Gasteiger charge is 2.10. The monoisotopic (exact) mass is 358 g/mol. The van der Waals surface area contributed by atoms with Crippen molar-refractivity contribution < 1.29 is 9.18 Å². The topological polar surface area (TPSA) is 80.9 Å². The lowest BCUT2D eigenvalue weighted by atomic mass is 10.3. The molecule has 1 amide bonds. The predicted octanol–water partition coefficient (Wildman–Crippen LogP) is 2.05. The van der Waals surface area contributed by atoms with E-state index < -0.39 is 5.91 Å². The molecule has 2 rings (SSSR count). The molecular weight excluding hydrogens is 350 g/mol. The molecule has 0 unspecified atom stereocenters. The number of aromatic nitrogens is 2. The first-order chi connectivity index (χ1) is 8.56. The van der Waals surface area contributed by atoms with Gasteiger partial charge in [0.2, 0.25) is 0 Å². The zero-order chi connectivity index (χ0) is 13.1. The van der Waals surface area contributed by atoms with Gasteiger partial charge in [-0.05, 0) is 52.9 Å². The van der Waals surface area contributed by atoms with Crippen molar-refractivity contribution in [3.63, 3.8) is 0 Å². The molecule has 1 heterocycles. The average Bonchev–Trinajstić information content (AvgIpc) is 2.33. The van der Waals surface area contributed by atoms with Crippen LogP contribution >= 0.6 is 22.6 Å². The molecule has 0 saturated heterocycles. The normalized spacial score (nSPS) is 10.1. The predicted molar refractivity (Wildman–Crippen MR) is 73.5 cm³/mol. The van der Waals surface area contributed by atoms with Crippen molar-refractivity contribution in [1.82, 2.24) is 10.2 Å². The Bertz CT molecular complexity index is 588. The number of halogens is 2. The maximum Gasteiger partial charge on any atom is 0.276 e. The maximum atomic E-state index is 12.9. The second-order valence-electron chi connectivity index (χ2n) is 3.42. The number of carbonyl (C=O) groups excluding carboxylic acids is 1. The van der Waals surface area contributed by atoms with Crippen LogP contribution in [0.2, 0.25) is 0 Å². The minimum absolute atomic E-state index is 0.143. The van der Waals surface area contributed by atoms with Gasteiger partial charge >= 0.3 is 0 Å². The molecular formula is C11H8FIN4O. The second-order valence-corrected chi connectivity index (χ2v) is 4.58. The number of hydrogen-bond donors (Lipinski definition) is 2. The van der Waals surface area contributed by atoms with Crippen LogP contribution in [-0.2, 0) is 0 Å². The van der Waals surface area contributed by atoms with Gasteiger partial charge < -0.3 is 11.1 Å². The summed E-state index contributed by atoms with van der Waals surface area (Å²) in [7, 11) is 0. The summed E-state index contributed by atoms with van der Waals surface area (Å²) in [5.41, 5.74) is 6.03. The summed E-state index contributed by atoms with van der Waals surface area (Å²) < 4.78 is 13.5. The van der Waals surface area contributed by atoms with Crippen LogP contribution < -0.4 is 11.1 Å². The standard InChI is InChI=1S/C11H8FIN4O/c12-6-1-2-8(7(13)5-6)15-11(18)9-3-4-10(14)17-16-9/h1-5H,(H2,14,17)(H,15,18). The zero-order valence-electron chi connectivity index (χ0n) is 9.02. The van der Waals surface area contributed by atoms with Gasteiger partial charge in [-0.1, -0.05) is 0 Å². The van der Waals surface area contributed by atoms with Crippen molar-refractivity contribution >= 4 is 40.0 Å². The minimum atomic E-state index is -0.424. The van der Waals surface area contributed by atoms with Crippen LogP contribution in [-0.4, -0.2) is 16.1 Å². The molecule has 0 aliphatic carbocycles. The molecule has 0 fully saturated rings. The highest BCUT2D eigenvalue weighted by Crippen LogP contribution is 2.19. The van der Waals surface area contributed by atoms with Gasteiger partial charge in [0.05, 0.1) is 5.69 Å². The summed E-state index contributed by atoms with van der Waals surface area (Å²) >= 11 is 1.93. The third-order valence-corrected chi connectivity index (χ3v) is 2.99. The molecule has 3 N–H and O–H groups in total. The van der Waals surface area contributed by atoms with Crippen LogP contribution in [0.4, 0.5) is 15.9 Å². The van der Waals surface area contributed by atoms with E-state index >= 15 is 0 Å². The van der Waals surface area contributed by atoms with Crippen LogP contribution in [0.3, 0.4) is 0 Å². The van der Waals surface area contributed by atoms with E-state index in [1.54, 1.807) is 0 Å². The highest BCUT2D eigenvalue weighted by atomic mass is 127. The number of anilines is 2. The van der Waals surface area contributed by atoms with Crippen LogP contribution in [0, 0.1) is 9.39 Å². The van der Waals surface area contributed by atoms with Crippen molar-refractivity contribution in [2.45, 2.75) is 0 Å². The van der Waals surface area contributed by atoms with Gasteiger partial charge in [-0.3, -0.25) is 4.79 Å². The summed E-state index contributed by atoms with van der Waals surface area (Å²) in [6.45, 7) is 0. The number of nitrogens with one attached hydrogen (secondary N) is 1. The maximum absolute atomic E-state index is 12.9. The zero-order valence-corrected chi connectivity index (χ0v) is 11.2. The van der Waals surface area contributed by atoms with Gasteiger partial charge in [-0.25, -0.2) is 4.39 Å². The van der Waals surface area contributed by atoms with Crippen LogP contribution in [0.15, 0.2) is 30.3 Å². The molecule has 92 valence electrons. The minimum Gasteiger partial charge on any atom is -0.382 e. The first-order valence-electron chi connectivity index (χ1n) is 4.92. The summed E-state index contributed by atoms with van der Waals surface area (Å²) in [6, 6.07) is 7.03. The van der Waals surface area contributed by atoms with E-state index in [1.807, 2.05) is 22.6 Å². The second kappa shape index (κ2) is 5.25. The van der Waals surface area contributed by atoms with E-state index in [9.17, 15) is 9.18 Å². The summed E-state index contributed by atoms with van der Waals surface area (Å²) in [6.07, 6.45) is 0. The quantitative estimate of drug-likeness (QED) is 0.806. The van der Waals surface area contributed by atoms with Crippen molar-refractivity contribution in [1.29, 1.82) is 0 Å². The third-order valence-electron chi connectivity index (χ3n) is 2.10. The lowest BCUT2D eigenvalue weighted by Gasteiger charge is -2.06. The Hall–Kier alpha value is -1.77. The third kappa shape index (κ3) is 2.92. The van der Waals surface area contributed by atoms with E-state index in [4.69, 9.17) is 5.73 Å². The van der Waals surface area contributed by atoms with Crippen molar-refractivity contribution in [3.8, 4) is 0 Å². The number of amides is 1. The van der Waals surface area contributed by atoms with Gasteiger partial charge in [0.15, 0.2) is 5.69 Å². The van der Waals surface area contributed by atoms with Gasteiger partial charge in [0.25, 0.3) is 5.91 Å². The Morgan fingerprint density at radius 2 is 2.06 bits per heavy atom. The van der Waals surface area contributed by atoms with Crippen molar-refractivity contribution in [3.05, 3.63) is 45.4 Å². The van der Waals surface area contributed by atoms with E-state index in [0.717, 1.165) is 0 Å². The Morgan fingerprint density at radius 1 is 1.28 bits per heavy atom. The van der Waals surface area contributed by atoms with Gasteiger partial charge in [-0.15, -0.1) is 10.2 Å².